The van der Waals surface area contributed by atoms with Gasteiger partial charge < -0.3 is 9.63 Å². The van der Waals surface area contributed by atoms with E-state index in [2.05, 4.69) is 14.4 Å². The van der Waals surface area contributed by atoms with Crippen LogP contribution in [-0.2, 0) is 10.0 Å². The summed E-state index contributed by atoms with van der Waals surface area (Å²) in [7, 11) is -3.87. The second-order valence-electron chi connectivity index (χ2n) is 3.80. The summed E-state index contributed by atoms with van der Waals surface area (Å²) < 4.78 is 30.8. The summed E-state index contributed by atoms with van der Waals surface area (Å²) in [6.07, 6.45) is 2.33. The minimum Gasteiger partial charge on any atom is -0.478 e. The lowest BCUT2D eigenvalue weighted by atomic mass is 10.1. The van der Waals surface area contributed by atoms with Gasteiger partial charge in [0.1, 0.15) is 12.0 Å². The van der Waals surface area contributed by atoms with Crippen molar-refractivity contribution in [3.8, 4) is 0 Å². The van der Waals surface area contributed by atoms with Crippen LogP contribution in [0.1, 0.15) is 15.9 Å². The fraction of sp³-hybridized carbons (Fsp3) is 0.0909. The molecule has 0 amide bonds. The van der Waals surface area contributed by atoms with Crippen molar-refractivity contribution in [1.82, 2.24) is 5.16 Å². The molecule has 100 valence electrons. The molecule has 8 heteroatoms. The predicted molar refractivity (Wildman–Crippen MR) is 65.4 cm³/mol. The molecule has 2 aromatic rings. The SMILES string of the molecule is Cc1ccc(S(=O)(=O)Nc2cnoc2)cc1C(=O)O. The van der Waals surface area contributed by atoms with Crippen molar-refractivity contribution in [2.45, 2.75) is 11.8 Å². The molecule has 2 rings (SSSR count). The summed E-state index contributed by atoms with van der Waals surface area (Å²) >= 11 is 0. The third-order valence-electron chi connectivity index (χ3n) is 2.43. The summed E-state index contributed by atoms with van der Waals surface area (Å²) in [5.74, 6) is -1.18. The van der Waals surface area contributed by atoms with Crippen LogP contribution in [-0.4, -0.2) is 24.7 Å². The Morgan fingerprint density at radius 2 is 2.16 bits per heavy atom. The Bertz CT molecular complexity index is 707. The van der Waals surface area contributed by atoms with Gasteiger partial charge in [-0.25, -0.2) is 13.2 Å². The van der Waals surface area contributed by atoms with E-state index in [-0.39, 0.29) is 16.1 Å². The quantitative estimate of drug-likeness (QED) is 0.879. The molecular weight excluding hydrogens is 272 g/mol. The van der Waals surface area contributed by atoms with Crippen molar-refractivity contribution in [3.63, 3.8) is 0 Å². The van der Waals surface area contributed by atoms with Crippen LogP contribution in [0.15, 0.2) is 40.1 Å². The molecule has 0 bridgehead atoms. The van der Waals surface area contributed by atoms with E-state index in [1.807, 2.05) is 0 Å². The van der Waals surface area contributed by atoms with Crippen molar-refractivity contribution in [3.05, 3.63) is 41.8 Å². The van der Waals surface area contributed by atoms with Gasteiger partial charge in [-0.05, 0) is 24.6 Å². The number of aromatic nitrogens is 1. The summed E-state index contributed by atoms with van der Waals surface area (Å²) in [5, 5.41) is 12.3. The van der Waals surface area contributed by atoms with E-state index in [0.717, 1.165) is 12.3 Å². The zero-order valence-corrected chi connectivity index (χ0v) is 10.6. The zero-order valence-electron chi connectivity index (χ0n) is 9.82. The van der Waals surface area contributed by atoms with Gasteiger partial charge >= 0.3 is 5.97 Å². The highest BCUT2D eigenvalue weighted by Crippen LogP contribution is 2.19. The number of rotatable bonds is 4. The molecule has 0 fully saturated rings. The normalized spacial score (nSPS) is 11.2. The summed E-state index contributed by atoms with van der Waals surface area (Å²) in [4.78, 5) is 10.8. The van der Waals surface area contributed by atoms with Crippen LogP contribution in [0.3, 0.4) is 0 Å². The van der Waals surface area contributed by atoms with Gasteiger partial charge in [-0.3, -0.25) is 4.72 Å². The molecule has 2 N–H and O–H groups in total. The molecule has 1 heterocycles. The number of hydrogen-bond donors (Lipinski definition) is 2. The van der Waals surface area contributed by atoms with Gasteiger partial charge in [-0.1, -0.05) is 11.2 Å². The van der Waals surface area contributed by atoms with E-state index in [0.29, 0.717) is 5.56 Å². The van der Waals surface area contributed by atoms with Gasteiger partial charge in [0.15, 0.2) is 0 Å². The number of hydrogen-bond acceptors (Lipinski definition) is 5. The largest absolute Gasteiger partial charge is 0.478 e. The minimum atomic E-state index is -3.87. The van der Waals surface area contributed by atoms with Crippen LogP contribution in [0.4, 0.5) is 5.69 Å². The topological polar surface area (TPSA) is 110 Å². The molecular formula is C11H10N2O5S. The lowest BCUT2D eigenvalue weighted by molar-refractivity contribution is 0.0696. The van der Waals surface area contributed by atoms with Crippen LogP contribution in [0.25, 0.3) is 0 Å². The number of carbonyl (C=O) groups is 1. The Morgan fingerprint density at radius 3 is 2.74 bits per heavy atom. The van der Waals surface area contributed by atoms with Gasteiger partial charge in [-0.15, -0.1) is 0 Å². The Kier molecular flexibility index (Phi) is 3.26. The highest BCUT2D eigenvalue weighted by molar-refractivity contribution is 7.92. The maximum absolute atomic E-state index is 12.0. The fourth-order valence-electron chi connectivity index (χ4n) is 1.47. The van der Waals surface area contributed by atoms with Gasteiger partial charge in [0.25, 0.3) is 10.0 Å². The van der Waals surface area contributed by atoms with Crippen LogP contribution in [0.5, 0.6) is 0 Å². The summed E-state index contributed by atoms with van der Waals surface area (Å²) in [6, 6.07) is 3.87. The smallest absolute Gasteiger partial charge is 0.335 e. The van der Waals surface area contributed by atoms with E-state index < -0.39 is 16.0 Å². The molecule has 1 aromatic carbocycles. The van der Waals surface area contributed by atoms with E-state index in [4.69, 9.17) is 5.11 Å². The standard InChI is InChI=1S/C11H10N2O5S/c1-7-2-3-9(4-10(7)11(14)15)19(16,17)13-8-5-12-18-6-8/h2-6,13H,1H3,(H,14,15). The number of aryl methyl sites for hydroxylation is 1. The number of anilines is 1. The number of benzene rings is 1. The Balaban J connectivity index is 2.41. The lowest BCUT2D eigenvalue weighted by Gasteiger charge is -2.07. The van der Waals surface area contributed by atoms with E-state index in [9.17, 15) is 13.2 Å². The average molecular weight is 282 g/mol. The average Bonchev–Trinajstić information content (AvgIpc) is 2.80. The number of aromatic carboxylic acids is 1. The Morgan fingerprint density at radius 1 is 1.42 bits per heavy atom. The van der Waals surface area contributed by atoms with E-state index in [1.165, 1.54) is 18.3 Å². The van der Waals surface area contributed by atoms with Gasteiger partial charge in [0.2, 0.25) is 0 Å². The highest BCUT2D eigenvalue weighted by atomic mass is 32.2. The molecule has 0 saturated carbocycles. The third kappa shape index (κ3) is 2.74. The van der Waals surface area contributed by atoms with Crippen molar-refractivity contribution in [1.29, 1.82) is 0 Å². The number of carboxylic acid groups (broad SMARTS) is 1. The first kappa shape index (κ1) is 13.1. The molecule has 0 aliphatic carbocycles. The van der Waals surface area contributed by atoms with E-state index >= 15 is 0 Å². The molecule has 0 radical (unpaired) electrons. The second kappa shape index (κ2) is 4.73. The number of carboxylic acids is 1. The highest BCUT2D eigenvalue weighted by Gasteiger charge is 2.18. The van der Waals surface area contributed by atoms with Crippen molar-refractivity contribution >= 4 is 21.7 Å². The van der Waals surface area contributed by atoms with Crippen LogP contribution < -0.4 is 4.72 Å². The fourth-order valence-corrected chi connectivity index (χ4v) is 2.52. The first-order valence-corrected chi connectivity index (χ1v) is 6.64. The first-order chi connectivity index (χ1) is 8.90. The van der Waals surface area contributed by atoms with E-state index in [1.54, 1.807) is 6.92 Å². The number of nitrogens with zero attached hydrogens (tertiary/aromatic N) is 1. The molecule has 0 aliphatic heterocycles. The molecule has 1 aromatic heterocycles. The summed E-state index contributed by atoms with van der Waals surface area (Å²) in [5.41, 5.74) is 0.585. The monoisotopic (exact) mass is 282 g/mol. The molecule has 0 spiro atoms. The molecule has 7 nitrogen and oxygen atoms in total. The van der Waals surface area contributed by atoms with Gasteiger partial charge in [-0.2, -0.15) is 0 Å². The lowest BCUT2D eigenvalue weighted by Crippen LogP contribution is -2.13. The predicted octanol–water partition coefficient (Wildman–Crippen LogP) is 1.48. The Labute approximate surface area is 108 Å². The maximum atomic E-state index is 12.0. The van der Waals surface area contributed by atoms with Crippen molar-refractivity contribution in [2.75, 3.05) is 4.72 Å². The molecule has 0 unspecified atom stereocenters. The molecule has 19 heavy (non-hydrogen) atoms. The van der Waals surface area contributed by atoms with Crippen molar-refractivity contribution < 1.29 is 22.8 Å². The van der Waals surface area contributed by atoms with Crippen LogP contribution >= 0.6 is 0 Å². The maximum Gasteiger partial charge on any atom is 0.335 e. The second-order valence-corrected chi connectivity index (χ2v) is 5.48. The third-order valence-corrected chi connectivity index (χ3v) is 3.81. The van der Waals surface area contributed by atoms with Crippen molar-refractivity contribution in [2.24, 2.45) is 0 Å². The number of nitrogens with one attached hydrogen (secondary N) is 1. The van der Waals surface area contributed by atoms with Crippen LogP contribution in [0.2, 0.25) is 0 Å². The molecule has 0 saturated heterocycles. The number of sulfonamides is 1. The Hall–Kier alpha value is -2.35. The van der Waals surface area contributed by atoms with Gasteiger partial charge in [0.05, 0.1) is 16.7 Å². The zero-order chi connectivity index (χ0) is 14.0. The van der Waals surface area contributed by atoms with Gasteiger partial charge in [0, 0.05) is 0 Å². The molecule has 0 atom stereocenters. The molecule has 0 aliphatic rings. The van der Waals surface area contributed by atoms with Crippen LogP contribution in [0, 0.1) is 6.92 Å². The summed E-state index contributed by atoms with van der Waals surface area (Å²) in [6.45, 7) is 1.59. The minimum absolute atomic E-state index is 0.0619. The first-order valence-electron chi connectivity index (χ1n) is 5.16.